The van der Waals surface area contributed by atoms with Crippen LogP contribution in [0.25, 0.3) is 22.0 Å². The Morgan fingerprint density at radius 1 is 1.13 bits per heavy atom. The number of hydrogen-bond acceptors (Lipinski definition) is 3. The van der Waals surface area contributed by atoms with Crippen LogP contribution in [-0.2, 0) is 6.18 Å². The second-order valence-corrected chi connectivity index (χ2v) is 6.29. The van der Waals surface area contributed by atoms with E-state index in [-0.39, 0.29) is 16.5 Å². The summed E-state index contributed by atoms with van der Waals surface area (Å²) in [5, 5.41) is 9.78. The number of halogens is 3. The molecule has 160 valence electrons. The molecule has 0 aliphatic heterocycles. The first kappa shape index (κ1) is 23.7. The Kier molecular flexibility index (Phi) is 7.98. The molecule has 0 atom stereocenters. The van der Waals surface area contributed by atoms with E-state index >= 15 is 0 Å². The van der Waals surface area contributed by atoms with Crippen molar-refractivity contribution in [1.82, 2.24) is 4.98 Å². The fourth-order valence-electron chi connectivity index (χ4n) is 3.01. The zero-order valence-electron chi connectivity index (χ0n) is 17.8. The van der Waals surface area contributed by atoms with E-state index in [0.29, 0.717) is 22.6 Å². The van der Waals surface area contributed by atoms with Crippen LogP contribution in [0.2, 0.25) is 0 Å². The van der Waals surface area contributed by atoms with Crippen LogP contribution >= 0.6 is 0 Å². The lowest BCUT2D eigenvalue weighted by molar-refractivity contribution is -0.136. The zero-order chi connectivity index (χ0) is 23.0. The number of hydrogen-bond donors (Lipinski definition) is 0. The Bertz CT molecular complexity index is 1160. The molecule has 3 nitrogen and oxygen atoms in total. The molecule has 31 heavy (non-hydrogen) atoms. The summed E-state index contributed by atoms with van der Waals surface area (Å²) >= 11 is 0. The maximum atomic E-state index is 13.4. The summed E-state index contributed by atoms with van der Waals surface area (Å²) in [6.07, 6.45) is 2.13. The first-order valence-electron chi connectivity index (χ1n) is 9.82. The second kappa shape index (κ2) is 10.4. The zero-order valence-corrected chi connectivity index (χ0v) is 17.8. The molecule has 0 N–H and O–H groups in total. The summed E-state index contributed by atoms with van der Waals surface area (Å²) in [5.74, 6) is 1.17. The molecule has 0 amide bonds. The molecule has 3 rings (SSSR count). The quantitative estimate of drug-likeness (QED) is 0.319. The lowest BCUT2D eigenvalue weighted by Crippen LogP contribution is -2.07. The molecule has 0 saturated carbocycles. The minimum absolute atomic E-state index is 0.190. The normalized spacial score (nSPS) is 11.7. The van der Waals surface area contributed by atoms with Crippen LogP contribution in [0.1, 0.15) is 38.8 Å². The van der Waals surface area contributed by atoms with E-state index in [4.69, 9.17) is 4.74 Å². The van der Waals surface area contributed by atoms with E-state index in [2.05, 4.69) is 4.98 Å². The Morgan fingerprint density at radius 3 is 2.48 bits per heavy atom. The minimum atomic E-state index is -4.54. The number of ether oxygens (including phenoxy) is 1. The molecule has 1 heterocycles. The van der Waals surface area contributed by atoms with Crippen molar-refractivity contribution in [1.29, 1.82) is 5.26 Å². The number of nitrogens with zero attached hydrogens (tertiary/aromatic N) is 2. The fraction of sp³-hybridized carbons (Fsp3) is 0.200. The number of fused-ring (bicyclic) bond motifs is 1. The van der Waals surface area contributed by atoms with Crippen LogP contribution in [0.15, 0.2) is 72.6 Å². The van der Waals surface area contributed by atoms with Crippen LogP contribution in [0, 0.1) is 11.3 Å². The maximum Gasteiger partial charge on any atom is 0.418 e. The molecule has 6 heteroatoms. The lowest BCUT2D eigenvalue weighted by atomic mass is 9.95. The predicted molar refractivity (Wildman–Crippen MR) is 117 cm³/mol. The molecule has 0 aliphatic carbocycles. The fourth-order valence-corrected chi connectivity index (χ4v) is 3.01. The van der Waals surface area contributed by atoms with Gasteiger partial charge in [0.15, 0.2) is 0 Å². The number of rotatable bonds is 4. The van der Waals surface area contributed by atoms with Crippen molar-refractivity contribution >= 4 is 10.9 Å². The van der Waals surface area contributed by atoms with Gasteiger partial charge in [-0.2, -0.15) is 18.4 Å². The van der Waals surface area contributed by atoms with Gasteiger partial charge in [-0.15, -0.1) is 0 Å². The Balaban J connectivity index is 0.00000166. The van der Waals surface area contributed by atoms with Crippen molar-refractivity contribution in [2.75, 3.05) is 0 Å². The Labute approximate surface area is 180 Å². The van der Waals surface area contributed by atoms with Gasteiger partial charge in [-0.1, -0.05) is 50.3 Å². The first-order chi connectivity index (χ1) is 14.8. The van der Waals surface area contributed by atoms with E-state index in [1.54, 1.807) is 43.3 Å². The van der Waals surface area contributed by atoms with Gasteiger partial charge in [-0.05, 0) is 43.7 Å². The average Bonchev–Trinajstić information content (AvgIpc) is 2.77. The largest absolute Gasteiger partial charge is 0.462 e. The highest BCUT2D eigenvalue weighted by Gasteiger charge is 2.33. The molecule has 0 fully saturated rings. The minimum Gasteiger partial charge on any atom is -0.462 e. The molecule has 1 aromatic heterocycles. The van der Waals surface area contributed by atoms with E-state index in [9.17, 15) is 18.4 Å². The molecule has 2 aromatic carbocycles. The molecule has 0 unspecified atom stereocenters. The van der Waals surface area contributed by atoms with Crippen molar-refractivity contribution in [3.63, 3.8) is 0 Å². The third-order valence-electron chi connectivity index (χ3n) is 4.25. The van der Waals surface area contributed by atoms with Crippen molar-refractivity contribution in [3.05, 3.63) is 83.8 Å². The number of allylic oxidation sites excluding steroid dienone is 4. The highest BCUT2D eigenvalue weighted by atomic mass is 19.4. The predicted octanol–water partition coefficient (Wildman–Crippen LogP) is 7.68. The van der Waals surface area contributed by atoms with Gasteiger partial charge >= 0.3 is 6.18 Å². The maximum absolute atomic E-state index is 13.4. The van der Waals surface area contributed by atoms with Crippen LogP contribution in [0.5, 0.6) is 5.75 Å². The van der Waals surface area contributed by atoms with E-state index in [0.717, 1.165) is 6.07 Å². The van der Waals surface area contributed by atoms with E-state index in [1.807, 2.05) is 39.0 Å². The second-order valence-electron chi connectivity index (χ2n) is 6.29. The lowest BCUT2D eigenvalue weighted by Gasteiger charge is -2.14. The molecular weight excluding hydrogens is 401 g/mol. The van der Waals surface area contributed by atoms with Crippen LogP contribution in [-0.4, -0.2) is 4.98 Å². The van der Waals surface area contributed by atoms with Crippen molar-refractivity contribution in [3.8, 4) is 22.9 Å². The van der Waals surface area contributed by atoms with Crippen LogP contribution in [0.3, 0.4) is 0 Å². The van der Waals surface area contributed by atoms with Crippen molar-refractivity contribution in [2.24, 2.45) is 0 Å². The number of nitriles is 1. The highest BCUT2D eigenvalue weighted by Crippen LogP contribution is 2.38. The summed E-state index contributed by atoms with van der Waals surface area (Å²) in [6.45, 7) is 7.68. The average molecular weight is 424 g/mol. The molecule has 0 spiro atoms. The van der Waals surface area contributed by atoms with E-state index in [1.165, 1.54) is 12.3 Å². The summed E-state index contributed by atoms with van der Waals surface area (Å²) in [7, 11) is 0. The molecule has 0 bridgehead atoms. The highest BCUT2D eigenvalue weighted by molar-refractivity contribution is 5.98. The molecule has 0 saturated heterocycles. The Morgan fingerprint density at radius 2 is 1.84 bits per heavy atom. The van der Waals surface area contributed by atoms with Gasteiger partial charge in [0.25, 0.3) is 0 Å². The van der Waals surface area contributed by atoms with Gasteiger partial charge in [0.1, 0.15) is 17.6 Å². The van der Waals surface area contributed by atoms with Gasteiger partial charge in [0.2, 0.25) is 0 Å². The smallest absolute Gasteiger partial charge is 0.418 e. The number of alkyl halides is 3. The number of benzene rings is 2. The molecular formula is C25H23F3N2O. The van der Waals surface area contributed by atoms with Gasteiger partial charge in [-0.25, -0.2) is 0 Å². The monoisotopic (exact) mass is 424 g/mol. The van der Waals surface area contributed by atoms with Gasteiger partial charge in [0, 0.05) is 17.1 Å². The van der Waals surface area contributed by atoms with Crippen molar-refractivity contribution < 1.29 is 17.9 Å². The summed E-state index contributed by atoms with van der Waals surface area (Å²) < 4.78 is 46.0. The van der Waals surface area contributed by atoms with Crippen molar-refractivity contribution in [2.45, 2.75) is 33.9 Å². The third kappa shape index (κ3) is 5.52. The van der Waals surface area contributed by atoms with Gasteiger partial charge in [-0.3, -0.25) is 4.98 Å². The number of para-hydroxylation sites is 1. The standard InChI is InChI=1S/C23H17F3N2O.C2H6/c1-3-4-7-15(2)29-18-9-5-8-16(12-18)21-17(13-27)14-28-22-19(21)10-6-11-20(22)23(24,25)26;1-2/h3-12,14H,1-2H3;1-2H3/b4-3-,15-7+;. The SMILES string of the molecule is C/C=C\C=C(/C)Oc1cccc(-c2c(C#N)cnc3c(C(F)(F)F)cccc23)c1.CC. The topological polar surface area (TPSA) is 45.9 Å². The summed E-state index contributed by atoms with van der Waals surface area (Å²) in [6, 6.07) is 12.8. The molecule has 3 aromatic rings. The molecule has 0 aliphatic rings. The van der Waals surface area contributed by atoms with Gasteiger partial charge in [0.05, 0.1) is 16.6 Å². The first-order valence-corrected chi connectivity index (χ1v) is 9.82. The molecule has 0 radical (unpaired) electrons. The third-order valence-corrected chi connectivity index (χ3v) is 4.25. The van der Waals surface area contributed by atoms with E-state index < -0.39 is 11.7 Å². The van der Waals surface area contributed by atoms with Gasteiger partial charge < -0.3 is 4.74 Å². The number of aromatic nitrogens is 1. The number of pyridine rings is 1. The van der Waals surface area contributed by atoms with Crippen LogP contribution < -0.4 is 4.74 Å². The summed E-state index contributed by atoms with van der Waals surface area (Å²) in [5.41, 5.74) is 0.131. The van der Waals surface area contributed by atoms with Crippen LogP contribution in [0.4, 0.5) is 13.2 Å². The Hall–Kier alpha value is -3.59. The summed E-state index contributed by atoms with van der Waals surface area (Å²) in [4.78, 5) is 3.92.